The Balaban J connectivity index is 2.11. The topological polar surface area (TPSA) is 110 Å². The molecule has 2 N–H and O–H groups in total. The SMILES string of the molecule is CC1(CCNC(=O)c2cc(C(=O)O)cc([N+](=O)[O-])c2)CC1. The molecule has 21 heavy (non-hydrogen) atoms. The third-order valence-electron chi connectivity index (χ3n) is 3.76. The number of hydrogen-bond acceptors (Lipinski definition) is 4. The van der Waals surface area contributed by atoms with Gasteiger partial charge >= 0.3 is 5.97 Å². The molecule has 0 unspecified atom stereocenters. The Morgan fingerprint density at radius 3 is 2.48 bits per heavy atom. The summed E-state index contributed by atoms with van der Waals surface area (Å²) in [6.07, 6.45) is 3.13. The number of rotatable bonds is 6. The first kappa shape index (κ1) is 15.0. The molecule has 0 atom stereocenters. The number of carbonyl (C=O) groups excluding carboxylic acids is 1. The monoisotopic (exact) mass is 292 g/mol. The molecule has 0 saturated heterocycles. The summed E-state index contributed by atoms with van der Waals surface area (Å²) in [7, 11) is 0. The number of carbonyl (C=O) groups is 2. The molecular weight excluding hydrogens is 276 g/mol. The van der Waals surface area contributed by atoms with Crippen LogP contribution >= 0.6 is 0 Å². The fraction of sp³-hybridized carbons (Fsp3) is 0.429. The molecule has 0 heterocycles. The number of nitro groups is 1. The van der Waals surface area contributed by atoms with Gasteiger partial charge in [-0.1, -0.05) is 6.92 Å². The van der Waals surface area contributed by atoms with Crippen LogP contribution in [0.15, 0.2) is 18.2 Å². The van der Waals surface area contributed by atoms with Crippen LogP contribution in [0, 0.1) is 15.5 Å². The number of benzene rings is 1. The predicted molar refractivity (Wildman–Crippen MR) is 74.3 cm³/mol. The van der Waals surface area contributed by atoms with Gasteiger partial charge in [-0.25, -0.2) is 4.79 Å². The second-order valence-electron chi connectivity index (χ2n) is 5.65. The maximum Gasteiger partial charge on any atom is 0.335 e. The van der Waals surface area contributed by atoms with Crippen LogP contribution in [-0.2, 0) is 0 Å². The van der Waals surface area contributed by atoms with Crippen LogP contribution in [0.1, 0.15) is 46.9 Å². The summed E-state index contributed by atoms with van der Waals surface area (Å²) >= 11 is 0. The lowest BCUT2D eigenvalue weighted by Crippen LogP contribution is -2.26. The first-order valence-corrected chi connectivity index (χ1v) is 6.62. The van der Waals surface area contributed by atoms with Crippen LogP contribution < -0.4 is 5.32 Å². The first-order valence-electron chi connectivity index (χ1n) is 6.62. The van der Waals surface area contributed by atoms with Crippen molar-refractivity contribution in [2.24, 2.45) is 5.41 Å². The molecule has 1 aliphatic rings. The van der Waals surface area contributed by atoms with Gasteiger partial charge in [0.25, 0.3) is 11.6 Å². The summed E-state index contributed by atoms with van der Waals surface area (Å²) in [6, 6.07) is 3.16. The van der Waals surface area contributed by atoms with Gasteiger partial charge in [0.15, 0.2) is 0 Å². The number of amides is 1. The molecule has 1 fully saturated rings. The Kier molecular flexibility index (Phi) is 3.93. The van der Waals surface area contributed by atoms with E-state index < -0.39 is 22.5 Å². The van der Waals surface area contributed by atoms with E-state index in [0.717, 1.165) is 37.5 Å². The maximum atomic E-state index is 12.0. The molecule has 0 radical (unpaired) electrons. The van der Waals surface area contributed by atoms with Crippen molar-refractivity contribution in [2.45, 2.75) is 26.2 Å². The minimum atomic E-state index is -1.31. The van der Waals surface area contributed by atoms with Gasteiger partial charge < -0.3 is 10.4 Å². The van der Waals surface area contributed by atoms with Gasteiger partial charge in [0.1, 0.15) is 0 Å². The zero-order chi connectivity index (χ0) is 15.6. The standard InChI is InChI=1S/C14H16N2O5/c1-14(2-3-14)4-5-15-12(17)9-6-10(13(18)19)8-11(7-9)16(20)21/h6-8H,2-5H2,1H3,(H,15,17)(H,18,19). The van der Waals surface area contributed by atoms with Crippen LogP contribution in [0.5, 0.6) is 0 Å². The van der Waals surface area contributed by atoms with Gasteiger partial charge in [-0.05, 0) is 30.7 Å². The van der Waals surface area contributed by atoms with Crippen molar-refractivity contribution in [3.8, 4) is 0 Å². The fourth-order valence-electron chi connectivity index (χ4n) is 2.01. The average molecular weight is 292 g/mol. The molecule has 7 heteroatoms. The van der Waals surface area contributed by atoms with E-state index >= 15 is 0 Å². The molecule has 1 aromatic carbocycles. The van der Waals surface area contributed by atoms with Crippen molar-refractivity contribution in [3.05, 3.63) is 39.4 Å². The molecular formula is C14H16N2O5. The van der Waals surface area contributed by atoms with E-state index in [1.165, 1.54) is 0 Å². The molecule has 0 spiro atoms. The third-order valence-corrected chi connectivity index (χ3v) is 3.76. The highest BCUT2D eigenvalue weighted by Crippen LogP contribution is 2.47. The van der Waals surface area contributed by atoms with E-state index in [4.69, 9.17) is 5.11 Å². The first-order chi connectivity index (χ1) is 9.81. The highest BCUT2D eigenvalue weighted by molar-refractivity contribution is 5.98. The number of nitrogens with one attached hydrogen (secondary N) is 1. The third kappa shape index (κ3) is 3.77. The molecule has 0 aliphatic heterocycles. The van der Waals surface area contributed by atoms with Crippen LogP contribution in [0.25, 0.3) is 0 Å². The van der Waals surface area contributed by atoms with Crippen molar-refractivity contribution in [2.75, 3.05) is 6.54 Å². The van der Waals surface area contributed by atoms with Gasteiger partial charge in [0, 0.05) is 24.2 Å². The highest BCUT2D eigenvalue weighted by Gasteiger charge is 2.36. The van der Waals surface area contributed by atoms with E-state index in [2.05, 4.69) is 12.2 Å². The molecule has 1 saturated carbocycles. The second-order valence-corrected chi connectivity index (χ2v) is 5.65. The van der Waals surface area contributed by atoms with Crippen LogP contribution in [0.4, 0.5) is 5.69 Å². The number of carboxylic acids is 1. The zero-order valence-corrected chi connectivity index (χ0v) is 11.6. The lowest BCUT2D eigenvalue weighted by atomic mass is 10.1. The summed E-state index contributed by atoms with van der Waals surface area (Å²) in [6.45, 7) is 2.61. The van der Waals surface area contributed by atoms with E-state index in [1.807, 2.05) is 0 Å². The van der Waals surface area contributed by atoms with Crippen molar-refractivity contribution >= 4 is 17.6 Å². The van der Waals surface area contributed by atoms with Gasteiger partial charge in [0.05, 0.1) is 10.5 Å². The summed E-state index contributed by atoms with van der Waals surface area (Å²) in [5, 5.41) is 22.4. The van der Waals surface area contributed by atoms with Crippen LogP contribution in [-0.4, -0.2) is 28.5 Å². The lowest BCUT2D eigenvalue weighted by Gasteiger charge is -2.09. The molecule has 7 nitrogen and oxygen atoms in total. The lowest BCUT2D eigenvalue weighted by molar-refractivity contribution is -0.384. The Morgan fingerprint density at radius 1 is 1.33 bits per heavy atom. The van der Waals surface area contributed by atoms with Gasteiger partial charge in [-0.15, -0.1) is 0 Å². The van der Waals surface area contributed by atoms with Crippen LogP contribution in [0.2, 0.25) is 0 Å². The Morgan fingerprint density at radius 2 is 1.95 bits per heavy atom. The molecule has 0 bridgehead atoms. The van der Waals surface area contributed by atoms with E-state index in [1.54, 1.807) is 0 Å². The van der Waals surface area contributed by atoms with Gasteiger partial charge in [-0.3, -0.25) is 14.9 Å². The van der Waals surface area contributed by atoms with Crippen LogP contribution in [0.3, 0.4) is 0 Å². The summed E-state index contributed by atoms with van der Waals surface area (Å²) < 4.78 is 0. The molecule has 0 aromatic heterocycles. The summed E-state index contributed by atoms with van der Waals surface area (Å²) in [5.41, 5.74) is -0.400. The Bertz CT molecular complexity index is 575. The number of hydrogen-bond donors (Lipinski definition) is 2. The molecule has 2 rings (SSSR count). The van der Waals surface area contributed by atoms with Gasteiger partial charge in [0.2, 0.25) is 0 Å². The molecule has 1 aromatic rings. The number of nitro benzene ring substituents is 1. The number of aromatic carboxylic acids is 1. The minimum absolute atomic E-state index is 0.0115. The Labute approximate surface area is 121 Å². The predicted octanol–water partition coefficient (Wildman–Crippen LogP) is 2.21. The minimum Gasteiger partial charge on any atom is -0.478 e. The van der Waals surface area contributed by atoms with Gasteiger partial charge in [-0.2, -0.15) is 0 Å². The molecule has 112 valence electrons. The number of carboxylic acid groups (broad SMARTS) is 1. The van der Waals surface area contributed by atoms with E-state index in [0.29, 0.717) is 12.0 Å². The highest BCUT2D eigenvalue weighted by atomic mass is 16.6. The number of non-ortho nitro benzene ring substituents is 1. The van der Waals surface area contributed by atoms with Crippen molar-refractivity contribution in [1.82, 2.24) is 5.32 Å². The largest absolute Gasteiger partial charge is 0.478 e. The smallest absolute Gasteiger partial charge is 0.335 e. The fourth-order valence-corrected chi connectivity index (χ4v) is 2.01. The second kappa shape index (κ2) is 5.51. The summed E-state index contributed by atoms with van der Waals surface area (Å²) in [5.74, 6) is -1.80. The average Bonchev–Trinajstić information content (AvgIpc) is 3.15. The van der Waals surface area contributed by atoms with E-state index in [9.17, 15) is 19.7 Å². The Hall–Kier alpha value is -2.44. The quantitative estimate of drug-likeness (QED) is 0.617. The van der Waals surface area contributed by atoms with Crippen molar-refractivity contribution in [3.63, 3.8) is 0 Å². The zero-order valence-electron chi connectivity index (χ0n) is 11.6. The van der Waals surface area contributed by atoms with E-state index in [-0.39, 0.29) is 11.1 Å². The number of nitrogens with zero attached hydrogens (tertiary/aromatic N) is 1. The normalized spacial score (nSPS) is 15.3. The van der Waals surface area contributed by atoms with Crippen molar-refractivity contribution in [1.29, 1.82) is 0 Å². The molecule has 1 aliphatic carbocycles. The summed E-state index contributed by atoms with van der Waals surface area (Å²) in [4.78, 5) is 33.0. The van der Waals surface area contributed by atoms with Crippen molar-refractivity contribution < 1.29 is 19.6 Å². The maximum absolute atomic E-state index is 12.0. The molecule has 1 amide bonds.